The van der Waals surface area contributed by atoms with Crippen molar-refractivity contribution >= 4 is 5.71 Å². The molecule has 0 heterocycles. The van der Waals surface area contributed by atoms with Crippen molar-refractivity contribution in [3.8, 4) is 0 Å². The van der Waals surface area contributed by atoms with Gasteiger partial charge in [-0.3, -0.25) is 0 Å². The first-order chi connectivity index (χ1) is 3.72. The van der Waals surface area contributed by atoms with Gasteiger partial charge in [-0.25, -0.2) is 0 Å². The largest absolute Gasteiger partial charge is 0.309 e. The van der Waals surface area contributed by atoms with Crippen molar-refractivity contribution in [2.24, 2.45) is 5.92 Å². The second-order valence-corrected chi connectivity index (χ2v) is 1.98. The van der Waals surface area contributed by atoms with Crippen LogP contribution in [0.4, 0.5) is 0 Å². The van der Waals surface area contributed by atoms with Gasteiger partial charge in [0.15, 0.2) is 0 Å². The van der Waals surface area contributed by atoms with Gasteiger partial charge >= 0.3 is 0 Å². The normalized spacial score (nSPS) is 13.4. The van der Waals surface area contributed by atoms with E-state index < -0.39 is 0 Å². The first-order valence-electron chi connectivity index (χ1n) is 3.12. The monoisotopic (exact) mass is 112 g/mol. The molecule has 1 radical (unpaired) electrons. The fourth-order valence-electron chi connectivity index (χ4n) is 0.535. The predicted molar refractivity (Wildman–Crippen MR) is 37.2 cm³/mol. The summed E-state index contributed by atoms with van der Waals surface area (Å²) in [6, 6.07) is 0. The molecule has 0 aliphatic rings. The summed E-state index contributed by atoms with van der Waals surface area (Å²) in [6.45, 7) is 7.86. The van der Waals surface area contributed by atoms with E-state index in [2.05, 4.69) is 13.8 Å². The lowest BCUT2D eigenvalue weighted by Crippen LogP contribution is -2.06. The summed E-state index contributed by atoms with van der Waals surface area (Å²) in [5.41, 5.74) is 0.771. The van der Waals surface area contributed by atoms with Crippen molar-refractivity contribution < 1.29 is 0 Å². The summed E-state index contributed by atoms with van der Waals surface area (Å²) in [7, 11) is 0. The summed E-state index contributed by atoms with van der Waals surface area (Å²) >= 11 is 0. The van der Waals surface area contributed by atoms with Gasteiger partial charge in [-0.05, 0) is 25.7 Å². The molecule has 0 aliphatic carbocycles. The molecular formula is C7H14N. The molecule has 0 amide bonds. The molecule has 0 saturated carbocycles. The minimum atomic E-state index is 0.250. The number of nitrogens with one attached hydrogen (secondary N) is 1. The van der Waals surface area contributed by atoms with E-state index >= 15 is 0 Å². The van der Waals surface area contributed by atoms with Crippen LogP contribution in [-0.4, -0.2) is 5.71 Å². The van der Waals surface area contributed by atoms with Gasteiger partial charge in [-0.15, -0.1) is 0 Å². The average Bonchev–Trinajstić information content (AvgIpc) is 1.84. The van der Waals surface area contributed by atoms with Gasteiger partial charge in [0.2, 0.25) is 0 Å². The van der Waals surface area contributed by atoms with Gasteiger partial charge in [-0.2, -0.15) is 0 Å². The van der Waals surface area contributed by atoms with E-state index in [1.165, 1.54) is 0 Å². The van der Waals surface area contributed by atoms with E-state index in [9.17, 15) is 0 Å². The maximum absolute atomic E-state index is 7.28. The van der Waals surface area contributed by atoms with Crippen LogP contribution in [0.5, 0.6) is 0 Å². The van der Waals surface area contributed by atoms with Gasteiger partial charge in [-0.1, -0.05) is 13.8 Å². The van der Waals surface area contributed by atoms with E-state index in [-0.39, 0.29) is 5.92 Å². The zero-order chi connectivity index (χ0) is 6.57. The minimum absolute atomic E-state index is 0.250. The fraction of sp³-hybridized carbons (Fsp3) is 0.714. The minimum Gasteiger partial charge on any atom is -0.309 e. The van der Waals surface area contributed by atoms with Crippen LogP contribution in [0, 0.1) is 18.3 Å². The molecule has 0 fully saturated rings. The smallest absolute Gasteiger partial charge is 0.0117 e. The second kappa shape index (κ2) is 3.65. The second-order valence-electron chi connectivity index (χ2n) is 1.98. The van der Waals surface area contributed by atoms with Crippen molar-refractivity contribution in [1.29, 1.82) is 5.41 Å². The lowest BCUT2D eigenvalue weighted by molar-refractivity contribution is 0.789. The van der Waals surface area contributed by atoms with Crippen molar-refractivity contribution in [3.63, 3.8) is 0 Å². The van der Waals surface area contributed by atoms with Crippen molar-refractivity contribution in [3.05, 3.63) is 6.92 Å². The Kier molecular flexibility index (Phi) is 3.49. The lowest BCUT2D eigenvalue weighted by atomic mass is 10.0. The summed E-state index contributed by atoms with van der Waals surface area (Å²) in [5, 5.41) is 7.28. The Balaban J connectivity index is 3.46. The molecule has 1 heteroatoms. The zero-order valence-corrected chi connectivity index (χ0v) is 5.70. The van der Waals surface area contributed by atoms with E-state index in [0.29, 0.717) is 0 Å². The van der Waals surface area contributed by atoms with E-state index in [0.717, 1.165) is 18.6 Å². The van der Waals surface area contributed by atoms with Crippen LogP contribution in [0.2, 0.25) is 0 Å². The standard InChI is InChI=1S/C7H14N/c1-4-6(3)7(8)5-2/h6,8H,3-5H2,1-2H3. The van der Waals surface area contributed by atoms with E-state index in [1.807, 2.05) is 6.92 Å². The number of hydrogen-bond donors (Lipinski definition) is 1. The number of hydrogen-bond acceptors (Lipinski definition) is 1. The molecule has 0 aliphatic heterocycles. The molecule has 1 atom stereocenters. The average molecular weight is 112 g/mol. The maximum Gasteiger partial charge on any atom is 0.0117 e. The summed E-state index contributed by atoms with van der Waals surface area (Å²) in [4.78, 5) is 0. The van der Waals surface area contributed by atoms with Gasteiger partial charge in [0.25, 0.3) is 0 Å². The third-order valence-corrected chi connectivity index (χ3v) is 1.37. The highest BCUT2D eigenvalue weighted by Crippen LogP contribution is 2.03. The van der Waals surface area contributed by atoms with Gasteiger partial charge in [0.05, 0.1) is 0 Å². The Morgan fingerprint density at radius 3 is 2.25 bits per heavy atom. The van der Waals surface area contributed by atoms with Crippen LogP contribution in [-0.2, 0) is 0 Å². The van der Waals surface area contributed by atoms with Crippen LogP contribution in [0.1, 0.15) is 26.7 Å². The highest BCUT2D eigenvalue weighted by atomic mass is 14.4. The molecule has 8 heavy (non-hydrogen) atoms. The van der Waals surface area contributed by atoms with Gasteiger partial charge in [0.1, 0.15) is 0 Å². The van der Waals surface area contributed by atoms with Crippen LogP contribution in [0.3, 0.4) is 0 Å². The molecule has 0 aromatic heterocycles. The zero-order valence-electron chi connectivity index (χ0n) is 5.70. The van der Waals surface area contributed by atoms with Gasteiger partial charge < -0.3 is 5.41 Å². The predicted octanol–water partition coefficient (Wildman–Crippen LogP) is 2.28. The topological polar surface area (TPSA) is 23.9 Å². The van der Waals surface area contributed by atoms with Crippen LogP contribution >= 0.6 is 0 Å². The Labute approximate surface area is 51.6 Å². The quantitative estimate of drug-likeness (QED) is 0.541. The third-order valence-electron chi connectivity index (χ3n) is 1.37. The molecule has 0 bridgehead atoms. The van der Waals surface area contributed by atoms with Gasteiger partial charge in [0, 0.05) is 5.71 Å². The Hall–Kier alpha value is -0.330. The van der Waals surface area contributed by atoms with Crippen LogP contribution in [0.15, 0.2) is 0 Å². The van der Waals surface area contributed by atoms with Crippen molar-refractivity contribution in [1.82, 2.24) is 0 Å². The maximum atomic E-state index is 7.28. The first-order valence-corrected chi connectivity index (χ1v) is 3.12. The highest BCUT2D eigenvalue weighted by molar-refractivity contribution is 5.83. The summed E-state index contributed by atoms with van der Waals surface area (Å²) < 4.78 is 0. The first kappa shape index (κ1) is 7.67. The van der Waals surface area contributed by atoms with Crippen LogP contribution in [0.25, 0.3) is 0 Å². The SMILES string of the molecule is [CH2]C(CC)C(=N)CC. The highest BCUT2D eigenvalue weighted by Gasteiger charge is 2.01. The van der Waals surface area contributed by atoms with Crippen LogP contribution < -0.4 is 0 Å². The molecule has 47 valence electrons. The fourth-order valence-corrected chi connectivity index (χ4v) is 0.535. The molecule has 0 saturated heterocycles. The van der Waals surface area contributed by atoms with Crippen molar-refractivity contribution in [2.45, 2.75) is 26.7 Å². The van der Waals surface area contributed by atoms with E-state index in [1.54, 1.807) is 0 Å². The molecule has 0 rings (SSSR count). The summed E-state index contributed by atoms with van der Waals surface area (Å²) in [6.07, 6.45) is 1.84. The molecule has 1 nitrogen and oxygen atoms in total. The number of rotatable bonds is 3. The molecule has 0 spiro atoms. The molecule has 0 aromatic rings. The van der Waals surface area contributed by atoms with Crippen molar-refractivity contribution in [2.75, 3.05) is 0 Å². The third kappa shape index (κ3) is 2.10. The molecule has 1 unspecified atom stereocenters. The Bertz CT molecular complexity index is 76.5. The Morgan fingerprint density at radius 2 is 2.12 bits per heavy atom. The molecule has 1 N–H and O–H groups in total. The summed E-state index contributed by atoms with van der Waals surface area (Å²) in [5.74, 6) is 0.250. The lowest BCUT2D eigenvalue weighted by Gasteiger charge is -2.05. The Morgan fingerprint density at radius 1 is 1.62 bits per heavy atom. The molecule has 0 aromatic carbocycles. The molecular weight excluding hydrogens is 98.1 g/mol. The van der Waals surface area contributed by atoms with E-state index in [4.69, 9.17) is 5.41 Å².